The van der Waals surface area contributed by atoms with Gasteiger partial charge < -0.3 is 5.32 Å². The Balaban J connectivity index is 1.76. The molecule has 92 valence electrons. The summed E-state index contributed by atoms with van der Waals surface area (Å²) in [7, 11) is 0. The van der Waals surface area contributed by atoms with Crippen molar-refractivity contribution in [1.82, 2.24) is 10.2 Å². The third-order valence-electron chi connectivity index (χ3n) is 4.43. The van der Waals surface area contributed by atoms with E-state index < -0.39 is 0 Å². The Labute approximate surface area is 104 Å². The van der Waals surface area contributed by atoms with Crippen molar-refractivity contribution in [2.24, 2.45) is 0 Å². The predicted octanol–water partition coefficient (Wildman–Crippen LogP) is 2.40. The Bertz CT molecular complexity index is 354. The first kappa shape index (κ1) is 11.2. The van der Waals surface area contributed by atoms with Crippen molar-refractivity contribution in [2.75, 3.05) is 19.6 Å². The van der Waals surface area contributed by atoms with Gasteiger partial charge in [-0.05, 0) is 37.9 Å². The fourth-order valence-electron chi connectivity index (χ4n) is 3.42. The lowest BCUT2D eigenvalue weighted by Crippen LogP contribution is -2.52. The summed E-state index contributed by atoms with van der Waals surface area (Å²) in [6, 6.07) is 10.9. The minimum absolute atomic E-state index is 0.466. The smallest absolute Gasteiger partial charge is 0.0349 e. The van der Waals surface area contributed by atoms with Crippen molar-refractivity contribution in [1.29, 1.82) is 0 Å². The summed E-state index contributed by atoms with van der Waals surface area (Å²) >= 11 is 0. The molecular weight excluding hydrogens is 208 g/mol. The van der Waals surface area contributed by atoms with E-state index >= 15 is 0 Å². The Morgan fingerprint density at radius 2 is 2.00 bits per heavy atom. The molecule has 1 atom stereocenters. The molecule has 1 aromatic carbocycles. The fraction of sp³-hybridized carbons (Fsp3) is 0.600. The second kappa shape index (κ2) is 4.79. The Kier molecular flexibility index (Phi) is 3.17. The van der Waals surface area contributed by atoms with E-state index in [0.29, 0.717) is 5.54 Å². The highest BCUT2D eigenvalue weighted by Gasteiger charge is 2.40. The highest BCUT2D eigenvalue weighted by molar-refractivity contribution is 5.15. The summed E-state index contributed by atoms with van der Waals surface area (Å²) in [5.74, 6) is 0. The van der Waals surface area contributed by atoms with Gasteiger partial charge in [0.05, 0.1) is 0 Å². The van der Waals surface area contributed by atoms with Crippen LogP contribution in [0.15, 0.2) is 30.3 Å². The number of piperidine rings is 1. The van der Waals surface area contributed by atoms with E-state index in [2.05, 4.69) is 40.5 Å². The van der Waals surface area contributed by atoms with Crippen molar-refractivity contribution >= 4 is 0 Å². The van der Waals surface area contributed by atoms with Gasteiger partial charge in [0.25, 0.3) is 0 Å². The van der Waals surface area contributed by atoms with Gasteiger partial charge in [0.15, 0.2) is 0 Å². The zero-order chi connectivity index (χ0) is 11.6. The van der Waals surface area contributed by atoms with Gasteiger partial charge >= 0.3 is 0 Å². The van der Waals surface area contributed by atoms with Crippen LogP contribution in [0.1, 0.15) is 31.2 Å². The maximum Gasteiger partial charge on any atom is 0.0349 e. The molecule has 0 aromatic heterocycles. The van der Waals surface area contributed by atoms with E-state index in [0.717, 1.165) is 6.54 Å². The van der Waals surface area contributed by atoms with Crippen molar-refractivity contribution in [2.45, 2.75) is 37.8 Å². The van der Waals surface area contributed by atoms with E-state index in [1.807, 2.05) is 0 Å². The number of likely N-dealkylation sites (tertiary alicyclic amines) is 1. The number of nitrogens with one attached hydrogen (secondary N) is 1. The molecule has 0 aliphatic carbocycles. The van der Waals surface area contributed by atoms with Crippen LogP contribution in [-0.2, 0) is 6.54 Å². The molecule has 2 heterocycles. The number of hydrogen-bond donors (Lipinski definition) is 1. The lowest BCUT2D eigenvalue weighted by molar-refractivity contribution is 0.0546. The summed E-state index contributed by atoms with van der Waals surface area (Å²) in [4.78, 5) is 2.73. The summed E-state index contributed by atoms with van der Waals surface area (Å²) in [5.41, 5.74) is 1.93. The minimum atomic E-state index is 0.466. The molecule has 2 aliphatic rings. The van der Waals surface area contributed by atoms with E-state index in [4.69, 9.17) is 0 Å². The summed E-state index contributed by atoms with van der Waals surface area (Å²) in [6.45, 7) is 4.80. The summed E-state index contributed by atoms with van der Waals surface area (Å²) < 4.78 is 0. The van der Waals surface area contributed by atoms with E-state index in [-0.39, 0.29) is 0 Å². The molecule has 1 spiro atoms. The van der Waals surface area contributed by atoms with Crippen LogP contribution in [0.25, 0.3) is 0 Å². The number of nitrogens with zero attached hydrogens (tertiary/aromatic N) is 1. The molecule has 3 rings (SSSR count). The maximum absolute atomic E-state index is 3.56. The van der Waals surface area contributed by atoms with Gasteiger partial charge in [-0.15, -0.1) is 0 Å². The lowest BCUT2D eigenvalue weighted by atomic mass is 9.85. The maximum atomic E-state index is 3.56. The Hall–Kier alpha value is -0.860. The monoisotopic (exact) mass is 230 g/mol. The average Bonchev–Trinajstić information content (AvgIpc) is 2.83. The quantitative estimate of drug-likeness (QED) is 0.839. The average molecular weight is 230 g/mol. The van der Waals surface area contributed by atoms with Gasteiger partial charge in [-0.25, -0.2) is 0 Å². The van der Waals surface area contributed by atoms with Crippen LogP contribution >= 0.6 is 0 Å². The van der Waals surface area contributed by atoms with Crippen LogP contribution in [-0.4, -0.2) is 30.1 Å². The molecule has 1 N–H and O–H groups in total. The molecule has 0 bridgehead atoms. The van der Waals surface area contributed by atoms with Gasteiger partial charge in [-0.3, -0.25) is 4.90 Å². The third kappa shape index (κ3) is 2.24. The van der Waals surface area contributed by atoms with Gasteiger partial charge in [-0.1, -0.05) is 36.8 Å². The highest BCUT2D eigenvalue weighted by atomic mass is 15.2. The predicted molar refractivity (Wildman–Crippen MR) is 70.9 cm³/mol. The molecule has 0 amide bonds. The Morgan fingerprint density at radius 3 is 2.76 bits per heavy atom. The van der Waals surface area contributed by atoms with Gasteiger partial charge in [0.1, 0.15) is 0 Å². The molecule has 0 unspecified atom stereocenters. The molecule has 1 aromatic rings. The fourth-order valence-corrected chi connectivity index (χ4v) is 3.42. The minimum Gasteiger partial charge on any atom is -0.315 e. The van der Waals surface area contributed by atoms with Crippen molar-refractivity contribution in [3.63, 3.8) is 0 Å². The van der Waals surface area contributed by atoms with Crippen LogP contribution in [0.4, 0.5) is 0 Å². The molecule has 2 nitrogen and oxygen atoms in total. The number of rotatable bonds is 2. The van der Waals surface area contributed by atoms with Crippen LogP contribution in [0.2, 0.25) is 0 Å². The molecule has 0 saturated carbocycles. The zero-order valence-electron chi connectivity index (χ0n) is 10.5. The topological polar surface area (TPSA) is 15.3 Å². The number of hydrogen-bond acceptors (Lipinski definition) is 2. The molecule has 2 saturated heterocycles. The van der Waals surface area contributed by atoms with Gasteiger partial charge in [-0.2, -0.15) is 0 Å². The summed E-state index contributed by atoms with van der Waals surface area (Å²) in [5, 5.41) is 3.56. The Morgan fingerprint density at radius 1 is 1.12 bits per heavy atom. The first-order valence-corrected chi connectivity index (χ1v) is 6.89. The third-order valence-corrected chi connectivity index (χ3v) is 4.43. The van der Waals surface area contributed by atoms with Crippen LogP contribution in [0.5, 0.6) is 0 Å². The highest BCUT2D eigenvalue weighted by Crippen LogP contribution is 2.34. The lowest BCUT2D eigenvalue weighted by Gasteiger charge is -2.44. The summed E-state index contributed by atoms with van der Waals surface area (Å²) in [6.07, 6.45) is 5.49. The molecule has 2 aliphatic heterocycles. The van der Waals surface area contributed by atoms with Crippen molar-refractivity contribution < 1.29 is 0 Å². The van der Waals surface area contributed by atoms with Gasteiger partial charge in [0, 0.05) is 18.6 Å². The first-order chi connectivity index (χ1) is 8.39. The molecule has 0 radical (unpaired) electrons. The van der Waals surface area contributed by atoms with Crippen LogP contribution in [0.3, 0.4) is 0 Å². The van der Waals surface area contributed by atoms with Gasteiger partial charge in [0.2, 0.25) is 0 Å². The molecule has 17 heavy (non-hydrogen) atoms. The number of benzene rings is 1. The zero-order valence-corrected chi connectivity index (χ0v) is 10.5. The van der Waals surface area contributed by atoms with E-state index in [1.54, 1.807) is 0 Å². The van der Waals surface area contributed by atoms with Crippen molar-refractivity contribution in [3.05, 3.63) is 35.9 Å². The van der Waals surface area contributed by atoms with Crippen LogP contribution < -0.4 is 5.32 Å². The largest absolute Gasteiger partial charge is 0.315 e. The molecular formula is C15H22N2. The van der Waals surface area contributed by atoms with Crippen LogP contribution in [0, 0.1) is 0 Å². The standard InChI is InChI=1S/C15H22N2/c1-2-6-14(7-3-1)12-17-11-5-4-8-15(17)9-10-16-13-15/h1-3,6-7,16H,4-5,8-13H2/t15-/m1/s1. The van der Waals surface area contributed by atoms with E-state index in [1.165, 1.54) is 50.9 Å². The second-order valence-electron chi connectivity index (χ2n) is 5.52. The SMILES string of the molecule is c1ccc(CN2CCCC[C@]23CCNC3)cc1. The van der Waals surface area contributed by atoms with Crippen molar-refractivity contribution in [3.8, 4) is 0 Å². The van der Waals surface area contributed by atoms with E-state index in [9.17, 15) is 0 Å². The molecule has 2 heteroatoms. The second-order valence-corrected chi connectivity index (χ2v) is 5.52. The molecule has 2 fully saturated rings. The normalized spacial score (nSPS) is 29.9. The first-order valence-electron chi connectivity index (χ1n) is 6.89.